The zero-order valence-electron chi connectivity index (χ0n) is 12.5. The third-order valence-corrected chi connectivity index (χ3v) is 4.08. The molecule has 2 atom stereocenters. The molecular weight excluding hydrogens is 274 g/mol. The molecule has 1 heterocycles. The lowest BCUT2D eigenvalue weighted by molar-refractivity contribution is -0.130. The molecule has 1 saturated heterocycles. The number of rotatable bonds is 4. The van der Waals surface area contributed by atoms with Gasteiger partial charge in [-0.1, -0.05) is 12.8 Å². The zero-order valence-corrected chi connectivity index (χ0v) is 12.5. The fourth-order valence-corrected chi connectivity index (χ4v) is 2.79. The molecule has 0 spiro atoms. The van der Waals surface area contributed by atoms with E-state index < -0.39 is 17.7 Å². The van der Waals surface area contributed by atoms with Crippen molar-refractivity contribution in [1.29, 1.82) is 0 Å². The number of hydrogen-bond acceptors (Lipinski definition) is 4. The van der Waals surface area contributed by atoms with Crippen LogP contribution in [0.2, 0.25) is 0 Å². The molecule has 1 aliphatic carbocycles. The van der Waals surface area contributed by atoms with E-state index in [-0.39, 0.29) is 30.8 Å². The average Bonchev–Trinajstić information content (AvgIpc) is 2.59. The second kappa shape index (κ2) is 6.01. The molecule has 4 amide bonds. The Morgan fingerprint density at radius 1 is 1.38 bits per heavy atom. The maximum absolute atomic E-state index is 12.0. The highest BCUT2D eigenvalue weighted by molar-refractivity contribution is 6.06. The quantitative estimate of drug-likeness (QED) is 0.642. The Balaban J connectivity index is 1.81. The van der Waals surface area contributed by atoms with Gasteiger partial charge in [-0.2, -0.15) is 0 Å². The lowest BCUT2D eigenvalue weighted by Gasteiger charge is -2.28. The predicted octanol–water partition coefficient (Wildman–Crippen LogP) is 0.127. The molecule has 0 aromatic carbocycles. The summed E-state index contributed by atoms with van der Waals surface area (Å²) in [5.74, 6) is -0.566. The van der Waals surface area contributed by atoms with Crippen molar-refractivity contribution in [3.63, 3.8) is 0 Å². The van der Waals surface area contributed by atoms with Gasteiger partial charge in [-0.3, -0.25) is 14.5 Å². The molecule has 1 saturated carbocycles. The summed E-state index contributed by atoms with van der Waals surface area (Å²) < 4.78 is 0. The molecule has 3 N–H and O–H groups in total. The van der Waals surface area contributed by atoms with Gasteiger partial charge >= 0.3 is 6.03 Å². The molecule has 0 radical (unpaired) electrons. The van der Waals surface area contributed by atoms with Crippen LogP contribution in [0.25, 0.3) is 0 Å². The van der Waals surface area contributed by atoms with Crippen LogP contribution in [0, 0.1) is 0 Å². The van der Waals surface area contributed by atoms with Crippen molar-refractivity contribution in [3.05, 3.63) is 0 Å². The number of carbonyl (C=O) groups excluding carboxylic acids is 3. The monoisotopic (exact) mass is 297 g/mol. The van der Waals surface area contributed by atoms with Crippen LogP contribution in [0.1, 0.15) is 46.0 Å². The van der Waals surface area contributed by atoms with Crippen molar-refractivity contribution in [1.82, 2.24) is 15.5 Å². The molecule has 7 heteroatoms. The molecule has 21 heavy (non-hydrogen) atoms. The Morgan fingerprint density at radius 2 is 2.05 bits per heavy atom. The highest BCUT2D eigenvalue weighted by atomic mass is 16.3. The van der Waals surface area contributed by atoms with Crippen molar-refractivity contribution in [2.24, 2.45) is 0 Å². The molecule has 0 aromatic rings. The van der Waals surface area contributed by atoms with Crippen molar-refractivity contribution >= 4 is 17.8 Å². The van der Waals surface area contributed by atoms with Crippen LogP contribution in [0.4, 0.5) is 4.79 Å². The van der Waals surface area contributed by atoms with Crippen LogP contribution >= 0.6 is 0 Å². The lowest BCUT2D eigenvalue weighted by Crippen LogP contribution is -2.46. The molecule has 2 fully saturated rings. The number of carbonyl (C=O) groups is 3. The van der Waals surface area contributed by atoms with Gasteiger partial charge in [0.2, 0.25) is 5.91 Å². The fourth-order valence-electron chi connectivity index (χ4n) is 2.79. The fraction of sp³-hybridized carbons (Fsp3) is 0.786. The molecule has 2 rings (SSSR count). The van der Waals surface area contributed by atoms with E-state index in [0.717, 1.165) is 24.2 Å². The van der Waals surface area contributed by atoms with Gasteiger partial charge < -0.3 is 15.7 Å². The van der Waals surface area contributed by atoms with Gasteiger partial charge in [0, 0.05) is 13.0 Å². The molecule has 0 bridgehead atoms. The minimum absolute atomic E-state index is 0.0540. The smallest absolute Gasteiger partial charge is 0.325 e. The maximum Gasteiger partial charge on any atom is 0.325 e. The molecule has 2 aliphatic rings. The summed E-state index contributed by atoms with van der Waals surface area (Å²) in [6, 6.07) is -0.679. The highest BCUT2D eigenvalue weighted by Crippen LogP contribution is 2.19. The first-order valence-corrected chi connectivity index (χ1v) is 7.43. The molecule has 0 aromatic heterocycles. The summed E-state index contributed by atoms with van der Waals surface area (Å²) in [6.07, 6.45) is 2.99. The largest absolute Gasteiger partial charge is 0.391 e. The normalized spacial score (nSPS) is 28.4. The first kappa shape index (κ1) is 15.8. The van der Waals surface area contributed by atoms with E-state index in [1.165, 1.54) is 0 Å². The number of nitrogens with zero attached hydrogens (tertiary/aromatic N) is 1. The summed E-state index contributed by atoms with van der Waals surface area (Å²) in [7, 11) is 0. The zero-order chi connectivity index (χ0) is 15.6. The van der Waals surface area contributed by atoms with Gasteiger partial charge in [-0.25, -0.2) is 4.79 Å². The number of aliphatic hydroxyl groups excluding tert-OH is 1. The van der Waals surface area contributed by atoms with Crippen LogP contribution in [-0.4, -0.2) is 52.1 Å². The maximum atomic E-state index is 12.0. The third-order valence-electron chi connectivity index (χ3n) is 4.08. The Morgan fingerprint density at radius 3 is 2.62 bits per heavy atom. The number of amides is 4. The number of urea groups is 1. The Kier molecular flexibility index (Phi) is 4.51. The van der Waals surface area contributed by atoms with E-state index in [9.17, 15) is 19.5 Å². The molecule has 118 valence electrons. The summed E-state index contributed by atoms with van der Waals surface area (Å²) in [4.78, 5) is 36.6. The molecular formula is C14H23N3O4. The Labute approximate surface area is 124 Å². The predicted molar refractivity (Wildman–Crippen MR) is 75.3 cm³/mol. The Hall–Kier alpha value is -1.63. The van der Waals surface area contributed by atoms with Crippen molar-refractivity contribution in [2.45, 2.75) is 63.6 Å². The van der Waals surface area contributed by atoms with Crippen LogP contribution < -0.4 is 10.6 Å². The number of imide groups is 1. The third kappa shape index (κ3) is 3.53. The summed E-state index contributed by atoms with van der Waals surface area (Å²) in [6.45, 7) is 3.32. The van der Waals surface area contributed by atoms with E-state index >= 15 is 0 Å². The van der Waals surface area contributed by atoms with E-state index in [1.54, 1.807) is 13.8 Å². The van der Waals surface area contributed by atoms with Gasteiger partial charge in [0.05, 0.1) is 12.1 Å². The van der Waals surface area contributed by atoms with Crippen molar-refractivity contribution < 1.29 is 19.5 Å². The first-order chi connectivity index (χ1) is 9.81. The van der Waals surface area contributed by atoms with Gasteiger partial charge in [-0.05, 0) is 26.7 Å². The van der Waals surface area contributed by atoms with Crippen LogP contribution in [-0.2, 0) is 9.59 Å². The van der Waals surface area contributed by atoms with Gasteiger partial charge in [0.1, 0.15) is 5.54 Å². The lowest BCUT2D eigenvalue weighted by atomic mass is 9.92. The van der Waals surface area contributed by atoms with E-state index in [1.807, 2.05) is 0 Å². The summed E-state index contributed by atoms with van der Waals surface area (Å²) in [5, 5.41) is 15.2. The topological polar surface area (TPSA) is 98.7 Å². The van der Waals surface area contributed by atoms with Crippen LogP contribution in [0.3, 0.4) is 0 Å². The van der Waals surface area contributed by atoms with Crippen LogP contribution in [0.15, 0.2) is 0 Å². The van der Waals surface area contributed by atoms with Crippen molar-refractivity contribution in [3.8, 4) is 0 Å². The standard InChI is InChI=1S/C14H23N3O4/c1-14(2)12(20)17(13(21)16-14)8-7-11(19)15-9-5-3-4-6-10(9)18/h9-10,18H,3-8H2,1-2H3,(H,15,19)(H,16,21). The van der Waals surface area contributed by atoms with Gasteiger partial charge in [0.25, 0.3) is 5.91 Å². The van der Waals surface area contributed by atoms with Gasteiger partial charge in [0.15, 0.2) is 0 Å². The number of hydrogen-bond donors (Lipinski definition) is 3. The second-order valence-corrected chi connectivity index (χ2v) is 6.29. The van der Waals surface area contributed by atoms with Crippen LogP contribution in [0.5, 0.6) is 0 Å². The second-order valence-electron chi connectivity index (χ2n) is 6.29. The van der Waals surface area contributed by atoms with E-state index in [4.69, 9.17) is 0 Å². The first-order valence-electron chi connectivity index (χ1n) is 7.43. The number of aliphatic hydroxyl groups is 1. The molecule has 2 unspecified atom stereocenters. The van der Waals surface area contributed by atoms with E-state index in [2.05, 4.69) is 10.6 Å². The minimum Gasteiger partial charge on any atom is -0.391 e. The van der Waals surface area contributed by atoms with Crippen molar-refractivity contribution in [2.75, 3.05) is 6.54 Å². The number of nitrogens with one attached hydrogen (secondary N) is 2. The van der Waals surface area contributed by atoms with E-state index in [0.29, 0.717) is 6.42 Å². The average molecular weight is 297 g/mol. The highest BCUT2D eigenvalue weighted by Gasteiger charge is 2.44. The SMILES string of the molecule is CC1(C)NC(=O)N(CCC(=O)NC2CCCCC2O)C1=O. The van der Waals surface area contributed by atoms with Gasteiger partial charge in [-0.15, -0.1) is 0 Å². The Bertz CT molecular complexity index is 450. The summed E-state index contributed by atoms with van der Waals surface area (Å²) >= 11 is 0. The minimum atomic E-state index is -0.910. The molecule has 1 aliphatic heterocycles. The molecule has 7 nitrogen and oxygen atoms in total. The summed E-state index contributed by atoms with van der Waals surface area (Å²) in [5.41, 5.74) is -0.910.